The van der Waals surface area contributed by atoms with Crippen molar-refractivity contribution in [2.75, 3.05) is 6.54 Å². The third-order valence-corrected chi connectivity index (χ3v) is 4.22. The summed E-state index contributed by atoms with van der Waals surface area (Å²) in [5.41, 5.74) is 4.86. The van der Waals surface area contributed by atoms with Crippen LogP contribution in [-0.2, 0) is 16.0 Å². The highest BCUT2D eigenvalue weighted by Crippen LogP contribution is 2.40. The van der Waals surface area contributed by atoms with Crippen LogP contribution in [0.3, 0.4) is 0 Å². The minimum atomic E-state index is -0.369. The summed E-state index contributed by atoms with van der Waals surface area (Å²) in [6, 6.07) is 8.10. The van der Waals surface area contributed by atoms with Gasteiger partial charge < -0.3 is 5.32 Å². The van der Waals surface area contributed by atoms with Crippen LogP contribution in [0, 0.1) is 0 Å². The maximum Gasteiger partial charge on any atom is 0.233 e. The summed E-state index contributed by atoms with van der Waals surface area (Å²) in [4.78, 5) is 24.2. The molecular formula is C16H13NO2. The molecule has 3 heteroatoms. The van der Waals surface area contributed by atoms with Crippen LogP contribution in [0.2, 0.25) is 0 Å². The summed E-state index contributed by atoms with van der Waals surface area (Å²) in [6.07, 6.45) is 3.27. The van der Waals surface area contributed by atoms with Gasteiger partial charge in [0.2, 0.25) is 11.6 Å². The minimum absolute atomic E-state index is 0.182. The van der Waals surface area contributed by atoms with Crippen LogP contribution in [-0.4, -0.2) is 24.2 Å². The summed E-state index contributed by atoms with van der Waals surface area (Å²) < 4.78 is 0. The van der Waals surface area contributed by atoms with Crippen LogP contribution < -0.4 is 5.32 Å². The van der Waals surface area contributed by atoms with Crippen molar-refractivity contribution in [3.63, 3.8) is 0 Å². The lowest BCUT2D eigenvalue weighted by molar-refractivity contribution is -0.130. The first kappa shape index (κ1) is 10.9. The van der Waals surface area contributed by atoms with E-state index in [1.54, 1.807) is 6.08 Å². The van der Waals surface area contributed by atoms with Crippen LogP contribution in [0.25, 0.3) is 5.57 Å². The number of fused-ring (bicyclic) bond motifs is 2. The van der Waals surface area contributed by atoms with Crippen molar-refractivity contribution in [1.29, 1.82) is 0 Å². The predicted molar refractivity (Wildman–Crippen MR) is 71.6 cm³/mol. The van der Waals surface area contributed by atoms with E-state index in [9.17, 15) is 9.59 Å². The van der Waals surface area contributed by atoms with Crippen LogP contribution in [0.15, 0.2) is 41.5 Å². The first-order valence-corrected chi connectivity index (χ1v) is 6.61. The van der Waals surface area contributed by atoms with Gasteiger partial charge in [-0.2, -0.15) is 0 Å². The number of rotatable bonds is 0. The second-order valence-electron chi connectivity index (χ2n) is 5.27. The number of hydrogen-bond acceptors (Lipinski definition) is 3. The first-order valence-electron chi connectivity index (χ1n) is 6.61. The molecular weight excluding hydrogens is 238 g/mol. The fraction of sp³-hybridized carbons (Fsp3) is 0.250. The topological polar surface area (TPSA) is 46.2 Å². The van der Waals surface area contributed by atoms with E-state index in [2.05, 4.69) is 5.32 Å². The van der Waals surface area contributed by atoms with Crippen LogP contribution >= 0.6 is 0 Å². The number of carbonyl (C=O) groups is 2. The molecule has 2 aliphatic carbocycles. The maximum absolute atomic E-state index is 12.3. The third-order valence-electron chi connectivity index (χ3n) is 4.22. The Bertz CT molecular complexity index is 682. The molecule has 1 heterocycles. The monoisotopic (exact) mass is 251 g/mol. The van der Waals surface area contributed by atoms with Gasteiger partial charge >= 0.3 is 0 Å². The fourth-order valence-corrected chi connectivity index (χ4v) is 3.40. The smallest absolute Gasteiger partial charge is 0.233 e. The molecule has 1 fully saturated rings. The van der Waals surface area contributed by atoms with Gasteiger partial charge in [0.1, 0.15) is 0 Å². The summed E-state index contributed by atoms with van der Waals surface area (Å²) >= 11 is 0. The fourth-order valence-electron chi connectivity index (χ4n) is 3.40. The molecule has 0 saturated carbocycles. The normalized spacial score (nSPS) is 24.8. The maximum atomic E-state index is 12.3. The first-order chi connectivity index (χ1) is 9.25. The molecule has 1 unspecified atom stereocenters. The van der Waals surface area contributed by atoms with E-state index in [4.69, 9.17) is 0 Å². The van der Waals surface area contributed by atoms with Crippen molar-refractivity contribution >= 4 is 17.1 Å². The molecule has 0 amide bonds. The number of ketones is 2. The van der Waals surface area contributed by atoms with E-state index < -0.39 is 0 Å². The van der Waals surface area contributed by atoms with Crippen LogP contribution in [0.1, 0.15) is 17.5 Å². The van der Waals surface area contributed by atoms with Gasteiger partial charge in [0.15, 0.2) is 0 Å². The molecule has 1 aromatic carbocycles. The second-order valence-corrected chi connectivity index (χ2v) is 5.27. The third kappa shape index (κ3) is 1.42. The Balaban J connectivity index is 2.03. The van der Waals surface area contributed by atoms with Crippen molar-refractivity contribution in [3.8, 4) is 0 Å². The summed E-state index contributed by atoms with van der Waals surface area (Å²) in [5.74, 6) is -0.717. The highest BCUT2D eigenvalue weighted by Gasteiger charge is 2.38. The van der Waals surface area contributed by atoms with Crippen molar-refractivity contribution in [3.05, 3.63) is 52.6 Å². The largest absolute Gasteiger partial charge is 0.309 e. The van der Waals surface area contributed by atoms with Gasteiger partial charge in [-0.3, -0.25) is 9.59 Å². The molecule has 4 rings (SSSR count). The zero-order valence-corrected chi connectivity index (χ0v) is 10.4. The van der Waals surface area contributed by atoms with Crippen molar-refractivity contribution in [1.82, 2.24) is 5.32 Å². The molecule has 0 aromatic heterocycles. The Kier molecular flexibility index (Phi) is 2.15. The van der Waals surface area contributed by atoms with Gasteiger partial charge in [-0.15, -0.1) is 0 Å². The Morgan fingerprint density at radius 1 is 1.16 bits per heavy atom. The van der Waals surface area contributed by atoms with Gasteiger partial charge in [-0.1, -0.05) is 24.3 Å². The predicted octanol–water partition coefficient (Wildman–Crippen LogP) is 1.44. The summed E-state index contributed by atoms with van der Waals surface area (Å²) in [7, 11) is 0. The standard InChI is InChI=1S/C16H13NO2/c18-13-8-10-5-6-17-12-7-9-3-1-2-4-11(9)15(14(10)12)16(13)19/h1-4,8,12,17H,5-7H2. The highest BCUT2D eigenvalue weighted by atomic mass is 16.2. The Morgan fingerprint density at radius 3 is 2.89 bits per heavy atom. The van der Waals surface area contributed by atoms with E-state index in [1.807, 2.05) is 24.3 Å². The van der Waals surface area contributed by atoms with Crippen LogP contribution in [0.5, 0.6) is 0 Å². The van der Waals surface area contributed by atoms with Crippen molar-refractivity contribution in [2.45, 2.75) is 18.9 Å². The lowest BCUT2D eigenvalue weighted by Crippen LogP contribution is -2.44. The molecule has 0 radical (unpaired) electrons. The Labute approximate surface area is 111 Å². The van der Waals surface area contributed by atoms with Gasteiger partial charge in [0, 0.05) is 11.6 Å². The molecule has 1 saturated heterocycles. The Morgan fingerprint density at radius 2 is 2.00 bits per heavy atom. The van der Waals surface area contributed by atoms with E-state index in [1.165, 1.54) is 0 Å². The molecule has 3 nitrogen and oxygen atoms in total. The lowest BCUT2D eigenvalue weighted by Gasteiger charge is -2.37. The highest BCUT2D eigenvalue weighted by molar-refractivity contribution is 6.58. The quantitative estimate of drug-likeness (QED) is 0.560. The van der Waals surface area contributed by atoms with E-state index in [0.29, 0.717) is 5.57 Å². The Hall–Kier alpha value is -2.00. The molecule has 1 aliphatic heterocycles. The second kappa shape index (κ2) is 3.75. The molecule has 3 aliphatic rings. The minimum Gasteiger partial charge on any atom is -0.309 e. The summed E-state index contributed by atoms with van der Waals surface area (Å²) in [5, 5.41) is 3.46. The molecule has 0 spiro atoms. The van der Waals surface area contributed by atoms with Crippen LogP contribution in [0.4, 0.5) is 0 Å². The number of hydrogen-bond donors (Lipinski definition) is 1. The zero-order chi connectivity index (χ0) is 13.0. The van der Waals surface area contributed by atoms with E-state index in [0.717, 1.165) is 41.7 Å². The van der Waals surface area contributed by atoms with Crippen molar-refractivity contribution < 1.29 is 9.59 Å². The summed E-state index contributed by atoms with van der Waals surface area (Å²) in [6.45, 7) is 0.872. The van der Waals surface area contributed by atoms with Crippen molar-refractivity contribution in [2.24, 2.45) is 0 Å². The SMILES string of the molecule is O=C1C=C2CCNC3Cc4ccccc4C(=C23)C1=O. The molecule has 0 bridgehead atoms. The lowest BCUT2D eigenvalue weighted by atomic mass is 9.72. The zero-order valence-electron chi connectivity index (χ0n) is 10.4. The number of benzene rings is 1. The van der Waals surface area contributed by atoms with E-state index >= 15 is 0 Å². The molecule has 1 aromatic rings. The number of allylic oxidation sites excluding steroid dienone is 2. The molecule has 19 heavy (non-hydrogen) atoms. The number of carbonyl (C=O) groups excluding carboxylic acids is 2. The average Bonchev–Trinajstić information content (AvgIpc) is 2.43. The number of piperidine rings is 1. The average molecular weight is 251 g/mol. The number of Topliss-reactive ketones (excluding diaryl/α,β-unsaturated/α-hetero) is 1. The molecule has 1 N–H and O–H groups in total. The number of nitrogens with one attached hydrogen (secondary N) is 1. The van der Waals surface area contributed by atoms with Gasteiger partial charge in [0.25, 0.3) is 0 Å². The van der Waals surface area contributed by atoms with E-state index in [-0.39, 0.29) is 17.6 Å². The molecule has 1 atom stereocenters. The van der Waals surface area contributed by atoms with Gasteiger partial charge in [0.05, 0.1) is 0 Å². The van der Waals surface area contributed by atoms with Gasteiger partial charge in [-0.05, 0) is 47.7 Å². The molecule has 94 valence electrons. The van der Waals surface area contributed by atoms with Gasteiger partial charge in [-0.25, -0.2) is 0 Å².